The van der Waals surface area contributed by atoms with Gasteiger partial charge in [0.1, 0.15) is 0 Å². The van der Waals surface area contributed by atoms with Gasteiger partial charge in [0.2, 0.25) is 0 Å². The quantitative estimate of drug-likeness (QED) is 0.671. The molecule has 0 N–H and O–H groups in total. The van der Waals surface area contributed by atoms with E-state index in [1.165, 1.54) is 0 Å². The van der Waals surface area contributed by atoms with E-state index in [1.807, 2.05) is 0 Å². The summed E-state index contributed by atoms with van der Waals surface area (Å²) in [5, 5.41) is 0.263. The minimum absolute atomic E-state index is 0.00537. The molecule has 0 aliphatic rings. The summed E-state index contributed by atoms with van der Waals surface area (Å²) in [5.74, 6) is -0.00537. The van der Waals surface area contributed by atoms with E-state index < -0.39 is 5.56 Å². The molecule has 94 valence electrons. The van der Waals surface area contributed by atoms with E-state index in [1.54, 1.807) is 49.5 Å². The maximum absolute atomic E-state index is 14.1. The van der Waals surface area contributed by atoms with Gasteiger partial charge >= 0.3 is 0 Å². The van der Waals surface area contributed by atoms with Gasteiger partial charge in [-0.15, -0.1) is 4.79 Å². The number of para-hydroxylation sites is 1. The molecule has 0 atom stereocenters. The Labute approximate surface area is 108 Å². The largest absolute Gasteiger partial charge is 0.290 e. The average molecular weight is 255 g/mol. The van der Waals surface area contributed by atoms with Gasteiger partial charge < -0.3 is 0 Å². The molecule has 0 aliphatic heterocycles. The number of hydrogen-bond acceptors (Lipinski definition) is 3. The lowest BCUT2D eigenvalue weighted by atomic mass is 10.2. The highest BCUT2D eigenvalue weighted by atomic mass is 19.2. The average Bonchev–Trinajstić information content (AvgIpc) is 2.43. The zero-order valence-electron chi connectivity index (χ0n) is 10.2. The predicted molar refractivity (Wildman–Crippen MR) is 70.5 cm³/mol. The lowest BCUT2D eigenvalue weighted by Crippen LogP contribution is -2.17. The van der Waals surface area contributed by atoms with Gasteiger partial charge in [-0.05, 0) is 31.2 Å². The van der Waals surface area contributed by atoms with Crippen molar-refractivity contribution in [3.8, 4) is 11.4 Å². The molecule has 19 heavy (non-hydrogen) atoms. The molecule has 1 aromatic carbocycles. The fourth-order valence-corrected chi connectivity index (χ4v) is 1.97. The predicted octanol–water partition coefficient (Wildman–Crippen LogP) is 2.50. The maximum Gasteiger partial charge on any atom is 0.290 e. The molecule has 0 amide bonds. The molecule has 0 radical (unpaired) electrons. The Hall–Kier alpha value is -2.56. The molecule has 0 bridgehead atoms. The summed E-state index contributed by atoms with van der Waals surface area (Å²) in [7, 11) is 0. The van der Waals surface area contributed by atoms with Crippen LogP contribution >= 0.6 is 0 Å². The smallest absolute Gasteiger partial charge is 0.266 e. The van der Waals surface area contributed by atoms with Crippen LogP contribution < -0.4 is 5.56 Å². The molecule has 0 saturated carbocycles. The monoisotopic (exact) mass is 255 g/mol. The standard InChI is InChI=1S/C14H10FN3O/c1-9-8-10(6-7-16-9)13-17-12-5-3-2-4-11(12)14(19)18(13)15/h2-8H,1H3. The third-order valence-corrected chi connectivity index (χ3v) is 2.88. The normalized spacial score (nSPS) is 10.8. The second kappa shape index (κ2) is 4.28. The highest BCUT2D eigenvalue weighted by Crippen LogP contribution is 2.18. The van der Waals surface area contributed by atoms with Crippen LogP contribution in [0, 0.1) is 6.92 Å². The summed E-state index contributed by atoms with van der Waals surface area (Å²) in [6.07, 6.45) is 1.56. The van der Waals surface area contributed by atoms with Crippen molar-refractivity contribution >= 4 is 10.9 Å². The van der Waals surface area contributed by atoms with Crippen molar-refractivity contribution in [2.75, 3.05) is 0 Å². The number of nitrogens with zero attached hydrogens (tertiary/aromatic N) is 3. The van der Waals surface area contributed by atoms with Crippen molar-refractivity contribution in [3.63, 3.8) is 0 Å². The van der Waals surface area contributed by atoms with E-state index in [-0.39, 0.29) is 16.0 Å². The van der Waals surface area contributed by atoms with Crippen LogP contribution in [0.2, 0.25) is 0 Å². The summed E-state index contributed by atoms with van der Waals surface area (Å²) in [4.78, 5) is 20.3. The molecule has 4 nitrogen and oxygen atoms in total. The summed E-state index contributed by atoms with van der Waals surface area (Å²) < 4.78 is 14.1. The van der Waals surface area contributed by atoms with E-state index in [9.17, 15) is 9.28 Å². The van der Waals surface area contributed by atoms with Crippen LogP contribution in [0.25, 0.3) is 22.3 Å². The van der Waals surface area contributed by atoms with Crippen molar-refractivity contribution in [3.05, 3.63) is 58.6 Å². The Morgan fingerprint density at radius 2 is 2.00 bits per heavy atom. The van der Waals surface area contributed by atoms with E-state index in [2.05, 4.69) is 9.97 Å². The van der Waals surface area contributed by atoms with Crippen molar-refractivity contribution in [1.29, 1.82) is 0 Å². The fourth-order valence-electron chi connectivity index (χ4n) is 1.97. The van der Waals surface area contributed by atoms with Crippen LogP contribution in [-0.2, 0) is 0 Å². The lowest BCUT2D eigenvalue weighted by molar-refractivity contribution is 0.356. The molecule has 3 aromatic rings. The first-order chi connectivity index (χ1) is 9.16. The van der Waals surface area contributed by atoms with Crippen LogP contribution in [-0.4, -0.2) is 14.8 Å². The highest BCUT2D eigenvalue weighted by molar-refractivity contribution is 5.79. The molecule has 3 rings (SSSR count). The van der Waals surface area contributed by atoms with Gasteiger partial charge in [-0.3, -0.25) is 9.78 Å². The topological polar surface area (TPSA) is 47.8 Å². The number of halogens is 1. The molecular formula is C14H10FN3O. The first kappa shape index (κ1) is 11.5. The van der Waals surface area contributed by atoms with Gasteiger partial charge in [-0.25, -0.2) is 4.98 Å². The van der Waals surface area contributed by atoms with E-state index >= 15 is 0 Å². The Balaban J connectivity index is 2.36. The van der Waals surface area contributed by atoms with Crippen LogP contribution in [0.15, 0.2) is 47.4 Å². The highest BCUT2D eigenvalue weighted by Gasteiger charge is 2.12. The number of aromatic nitrogens is 3. The molecular weight excluding hydrogens is 245 g/mol. The Morgan fingerprint density at radius 1 is 1.21 bits per heavy atom. The van der Waals surface area contributed by atoms with Crippen LogP contribution in [0.5, 0.6) is 0 Å². The molecule has 0 unspecified atom stereocenters. The van der Waals surface area contributed by atoms with Crippen LogP contribution in [0.4, 0.5) is 4.48 Å². The van der Waals surface area contributed by atoms with Gasteiger partial charge in [0.15, 0.2) is 5.82 Å². The zero-order valence-corrected chi connectivity index (χ0v) is 10.2. The van der Waals surface area contributed by atoms with E-state index in [0.29, 0.717) is 11.1 Å². The molecule has 0 spiro atoms. The third kappa shape index (κ3) is 1.89. The molecule has 2 heterocycles. The van der Waals surface area contributed by atoms with Crippen LogP contribution in [0.1, 0.15) is 5.69 Å². The molecule has 0 fully saturated rings. The molecule has 0 saturated heterocycles. The Kier molecular flexibility index (Phi) is 2.59. The molecule has 5 heteroatoms. The van der Waals surface area contributed by atoms with E-state index in [4.69, 9.17) is 0 Å². The van der Waals surface area contributed by atoms with Gasteiger partial charge in [-0.2, -0.15) is 0 Å². The lowest BCUT2D eigenvalue weighted by Gasteiger charge is -2.06. The number of rotatable bonds is 1. The summed E-state index contributed by atoms with van der Waals surface area (Å²) >= 11 is 0. The van der Waals surface area contributed by atoms with Gasteiger partial charge in [-0.1, -0.05) is 16.6 Å². The first-order valence-electron chi connectivity index (χ1n) is 5.78. The Morgan fingerprint density at radius 3 is 2.79 bits per heavy atom. The van der Waals surface area contributed by atoms with Crippen molar-refractivity contribution in [2.24, 2.45) is 0 Å². The van der Waals surface area contributed by atoms with E-state index in [0.717, 1.165) is 5.69 Å². The minimum atomic E-state index is -0.699. The van der Waals surface area contributed by atoms with Crippen LogP contribution in [0.3, 0.4) is 0 Å². The Bertz CT molecular complexity index is 826. The number of aryl methyl sites for hydroxylation is 1. The van der Waals surface area contributed by atoms with Gasteiger partial charge in [0.05, 0.1) is 10.9 Å². The molecule has 2 aromatic heterocycles. The third-order valence-electron chi connectivity index (χ3n) is 2.88. The maximum atomic E-state index is 14.1. The number of benzene rings is 1. The van der Waals surface area contributed by atoms with Crippen molar-refractivity contribution in [2.45, 2.75) is 6.92 Å². The summed E-state index contributed by atoms with van der Waals surface area (Å²) in [6.45, 7) is 1.80. The fraction of sp³-hybridized carbons (Fsp3) is 0.0714. The zero-order chi connectivity index (χ0) is 13.4. The summed E-state index contributed by atoms with van der Waals surface area (Å²) in [6, 6.07) is 10.0. The minimum Gasteiger partial charge on any atom is -0.266 e. The SMILES string of the molecule is Cc1cc(-c2nc3ccccc3c(=O)n2F)ccn1. The van der Waals surface area contributed by atoms with Crippen molar-refractivity contribution in [1.82, 2.24) is 14.8 Å². The number of fused-ring (bicyclic) bond motifs is 1. The first-order valence-corrected chi connectivity index (χ1v) is 5.78. The van der Waals surface area contributed by atoms with Gasteiger partial charge in [0, 0.05) is 17.5 Å². The second-order valence-electron chi connectivity index (χ2n) is 4.22. The number of pyridine rings is 1. The number of hydrogen-bond donors (Lipinski definition) is 0. The second-order valence-corrected chi connectivity index (χ2v) is 4.22. The molecule has 0 aliphatic carbocycles. The van der Waals surface area contributed by atoms with Gasteiger partial charge in [0.25, 0.3) is 5.56 Å². The summed E-state index contributed by atoms with van der Waals surface area (Å²) in [5.41, 5.74) is 1.04. The van der Waals surface area contributed by atoms with Crippen molar-refractivity contribution < 1.29 is 4.48 Å².